The van der Waals surface area contributed by atoms with E-state index >= 15 is 0 Å². The molecule has 3 aromatic rings. The van der Waals surface area contributed by atoms with Gasteiger partial charge in [0.15, 0.2) is 0 Å². The number of imidazole rings is 1. The summed E-state index contributed by atoms with van der Waals surface area (Å²) in [6.07, 6.45) is 5.84. The Kier molecular flexibility index (Phi) is 4.08. The van der Waals surface area contributed by atoms with Crippen molar-refractivity contribution in [2.45, 2.75) is 39.3 Å². The van der Waals surface area contributed by atoms with Crippen LogP contribution in [0, 0.1) is 6.92 Å². The van der Waals surface area contributed by atoms with Crippen molar-refractivity contribution < 1.29 is 0 Å². The second-order valence-corrected chi connectivity index (χ2v) is 6.61. The largest absolute Gasteiger partial charge is 0.381 e. The summed E-state index contributed by atoms with van der Waals surface area (Å²) in [5.41, 5.74) is 6.04. The third-order valence-corrected chi connectivity index (χ3v) is 4.67. The zero-order valence-electron chi connectivity index (χ0n) is 14.1. The molecule has 0 unspecified atom stereocenters. The lowest BCUT2D eigenvalue weighted by Gasteiger charge is -2.11. The van der Waals surface area contributed by atoms with Crippen LogP contribution in [0.3, 0.4) is 0 Å². The first-order valence-corrected chi connectivity index (χ1v) is 8.74. The minimum Gasteiger partial charge on any atom is -0.381 e. The first-order valence-electron chi connectivity index (χ1n) is 8.74. The zero-order chi connectivity index (χ0) is 16.4. The van der Waals surface area contributed by atoms with Crippen LogP contribution >= 0.6 is 0 Å². The fourth-order valence-electron chi connectivity index (χ4n) is 3.34. The lowest BCUT2D eigenvalue weighted by Crippen LogP contribution is -2.08. The Morgan fingerprint density at radius 1 is 1.08 bits per heavy atom. The summed E-state index contributed by atoms with van der Waals surface area (Å²) in [6, 6.07) is 17.2. The SMILES string of the molecule is Cc1cccc(CNc2ccc(-c3cn4c(n3)CCCC4)cc2)c1. The molecule has 0 aliphatic carbocycles. The van der Waals surface area contributed by atoms with Gasteiger partial charge in [-0.1, -0.05) is 42.0 Å². The van der Waals surface area contributed by atoms with E-state index < -0.39 is 0 Å². The summed E-state index contributed by atoms with van der Waals surface area (Å²) in [5, 5.41) is 3.49. The van der Waals surface area contributed by atoms with Gasteiger partial charge in [-0.3, -0.25) is 0 Å². The Balaban J connectivity index is 1.45. The second kappa shape index (κ2) is 6.52. The van der Waals surface area contributed by atoms with Crippen molar-refractivity contribution in [3.8, 4) is 11.3 Å². The minimum atomic E-state index is 0.847. The highest BCUT2D eigenvalue weighted by Gasteiger charge is 2.12. The van der Waals surface area contributed by atoms with Crippen LogP contribution < -0.4 is 5.32 Å². The fourth-order valence-corrected chi connectivity index (χ4v) is 3.34. The molecule has 0 bridgehead atoms. The van der Waals surface area contributed by atoms with Gasteiger partial charge in [0.05, 0.1) is 5.69 Å². The molecule has 0 saturated carbocycles. The van der Waals surface area contributed by atoms with Gasteiger partial charge < -0.3 is 9.88 Å². The van der Waals surface area contributed by atoms with Gasteiger partial charge in [0.1, 0.15) is 5.82 Å². The van der Waals surface area contributed by atoms with Gasteiger partial charge in [-0.2, -0.15) is 0 Å². The summed E-state index contributed by atoms with van der Waals surface area (Å²) >= 11 is 0. The monoisotopic (exact) mass is 317 g/mol. The van der Waals surface area contributed by atoms with Crippen molar-refractivity contribution in [2.75, 3.05) is 5.32 Å². The average Bonchev–Trinajstić information content (AvgIpc) is 3.05. The zero-order valence-corrected chi connectivity index (χ0v) is 14.1. The van der Waals surface area contributed by atoms with Crippen LogP contribution in [0.1, 0.15) is 29.8 Å². The number of benzene rings is 2. The van der Waals surface area contributed by atoms with Gasteiger partial charge in [-0.05, 0) is 37.5 Å². The molecule has 1 aliphatic rings. The van der Waals surface area contributed by atoms with Crippen molar-refractivity contribution in [3.63, 3.8) is 0 Å². The molecule has 3 heteroatoms. The average molecular weight is 317 g/mol. The van der Waals surface area contributed by atoms with Crippen LogP contribution in [-0.2, 0) is 19.5 Å². The van der Waals surface area contributed by atoms with Crippen LogP contribution in [0.2, 0.25) is 0 Å². The smallest absolute Gasteiger partial charge is 0.109 e. The number of anilines is 1. The quantitative estimate of drug-likeness (QED) is 0.748. The molecule has 0 spiro atoms. The first-order chi connectivity index (χ1) is 11.8. The van der Waals surface area contributed by atoms with E-state index in [1.807, 2.05) is 0 Å². The molecule has 1 N–H and O–H groups in total. The number of nitrogens with one attached hydrogen (secondary N) is 1. The molecule has 0 saturated heterocycles. The lowest BCUT2D eigenvalue weighted by molar-refractivity contribution is 0.522. The van der Waals surface area contributed by atoms with Crippen molar-refractivity contribution in [1.82, 2.24) is 9.55 Å². The van der Waals surface area contributed by atoms with E-state index in [0.29, 0.717) is 0 Å². The van der Waals surface area contributed by atoms with Crippen LogP contribution in [-0.4, -0.2) is 9.55 Å². The highest BCUT2D eigenvalue weighted by Crippen LogP contribution is 2.24. The maximum atomic E-state index is 4.80. The van der Waals surface area contributed by atoms with Gasteiger partial charge in [0.2, 0.25) is 0 Å². The van der Waals surface area contributed by atoms with Crippen LogP contribution in [0.5, 0.6) is 0 Å². The molecule has 0 atom stereocenters. The molecule has 4 rings (SSSR count). The number of fused-ring (bicyclic) bond motifs is 1. The third-order valence-electron chi connectivity index (χ3n) is 4.67. The second-order valence-electron chi connectivity index (χ2n) is 6.61. The Labute approximate surface area is 143 Å². The number of nitrogens with zero attached hydrogens (tertiary/aromatic N) is 2. The topological polar surface area (TPSA) is 29.9 Å². The summed E-state index contributed by atoms with van der Waals surface area (Å²) in [6.45, 7) is 4.08. The Morgan fingerprint density at radius 3 is 2.75 bits per heavy atom. The molecule has 1 aromatic heterocycles. The number of aromatic nitrogens is 2. The molecule has 0 radical (unpaired) electrons. The van der Waals surface area contributed by atoms with Gasteiger partial charge in [0, 0.05) is 37.0 Å². The standard InChI is InChI=1S/C21H23N3/c1-16-5-4-6-17(13-16)14-22-19-10-8-18(9-11-19)20-15-24-12-3-2-7-21(24)23-20/h4-6,8-11,13,15,22H,2-3,7,12,14H2,1H3. The Bertz CT molecular complexity index is 807. The number of rotatable bonds is 4. The molecule has 24 heavy (non-hydrogen) atoms. The van der Waals surface area contributed by atoms with Gasteiger partial charge in [-0.15, -0.1) is 0 Å². The highest BCUT2D eigenvalue weighted by molar-refractivity contribution is 5.62. The molecule has 122 valence electrons. The molecule has 0 fully saturated rings. The minimum absolute atomic E-state index is 0.847. The van der Waals surface area contributed by atoms with E-state index in [1.165, 1.54) is 35.4 Å². The molecule has 2 heterocycles. The molecule has 0 amide bonds. The molecule has 3 nitrogen and oxygen atoms in total. The maximum Gasteiger partial charge on any atom is 0.109 e. The fraction of sp³-hybridized carbons (Fsp3) is 0.286. The Morgan fingerprint density at radius 2 is 1.96 bits per heavy atom. The van der Waals surface area contributed by atoms with E-state index in [-0.39, 0.29) is 0 Å². The van der Waals surface area contributed by atoms with Crippen LogP contribution in [0.15, 0.2) is 54.7 Å². The summed E-state index contributed by atoms with van der Waals surface area (Å²) < 4.78 is 2.31. The predicted octanol–water partition coefficient (Wildman–Crippen LogP) is 4.81. The summed E-state index contributed by atoms with van der Waals surface area (Å²) in [4.78, 5) is 4.80. The normalized spacial score (nSPS) is 13.5. The number of hydrogen-bond donors (Lipinski definition) is 1. The van der Waals surface area contributed by atoms with E-state index in [2.05, 4.69) is 71.5 Å². The molecule has 2 aromatic carbocycles. The van der Waals surface area contributed by atoms with E-state index in [0.717, 1.165) is 30.9 Å². The lowest BCUT2D eigenvalue weighted by atomic mass is 10.1. The van der Waals surface area contributed by atoms with Crippen LogP contribution in [0.4, 0.5) is 5.69 Å². The van der Waals surface area contributed by atoms with Gasteiger partial charge in [0.25, 0.3) is 0 Å². The predicted molar refractivity (Wildman–Crippen MR) is 99.1 cm³/mol. The van der Waals surface area contributed by atoms with Crippen molar-refractivity contribution in [1.29, 1.82) is 0 Å². The van der Waals surface area contributed by atoms with Crippen LogP contribution in [0.25, 0.3) is 11.3 Å². The van der Waals surface area contributed by atoms with Crippen molar-refractivity contribution >= 4 is 5.69 Å². The number of aryl methyl sites for hydroxylation is 3. The maximum absolute atomic E-state index is 4.80. The van der Waals surface area contributed by atoms with Crippen molar-refractivity contribution in [2.24, 2.45) is 0 Å². The molecular weight excluding hydrogens is 294 g/mol. The van der Waals surface area contributed by atoms with Gasteiger partial charge in [-0.25, -0.2) is 4.98 Å². The highest BCUT2D eigenvalue weighted by atomic mass is 15.1. The Hall–Kier alpha value is -2.55. The number of hydrogen-bond acceptors (Lipinski definition) is 2. The summed E-state index contributed by atoms with van der Waals surface area (Å²) in [5.74, 6) is 1.23. The van der Waals surface area contributed by atoms with Gasteiger partial charge >= 0.3 is 0 Å². The van der Waals surface area contributed by atoms with E-state index in [1.54, 1.807) is 0 Å². The van der Waals surface area contributed by atoms with E-state index in [4.69, 9.17) is 4.98 Å². The van der Waals surface area contributed by atoms with Crippen molar-refractivity contribution in [3.05, 3.63) is 71.7 Å². The molecular formula is C21H23N3. The third kappa shape index (κ3) is 3.21. The molecule has 1 aliphatic heterocycles. The van der Waals surface area contributed by atoms with E-state index in [9.17, 15) is 0 Å². The summed E-state index contributed by atoms with van der Waals surface area (Å²) in [7, 11) is 0. The first kappa shape index (κ1) is 15.0.